The molecular formula is C13H14N4S. The van der Waals surface area contributed by atoms with Crippen LogP contribution in [0.1, 0.15) is 11.1 Å². The monoisotopic (exact) mass is 258 g/mol. The van der Waals surface area contributed by atoms with Crippen LogP contribution in [0.15, 0.2) is 23.6 Å². The van der Waals surface area contributed by atoms with Crippen LogP contribution in [0.25, 0.3) is 16.2 Å². The van der Waals surface area contributed by atoms with Crippen molar-refractivity contribution in [2.75, 3.05) is 12.4 Å². The number of aromatic nitrogens is 3. The molecule has 0 amide bonds. The molecule has 3 rings (SSSR count). The first-order valence-corrected chi connectivity index (χ1v) is 6.66. The lowest BCUT2D eigenvalue weighted by Gasteiger charge is -2.04. The number of benzene rings is 1. The normalized spacial score (nSPS) is 11.1. The summed E-state index contributed by atoms with van der Waals surface area (Å²) in [6.07, 6.45) is 0. The van der Waals surface area contributed by atoms with E-state index in [1.807, 2.05) is 11.6 Å². The van der Waals surface area contributed by atoms with Crippen LogP contribution in [0.3, 0.4) is 0 Å². The smallest absolute Gasteiger partial charge is 0.243 e. The Kier molecular flexibility index (Phi) is 2.56. The molecule has 0 aliphatic carbocycles. The van der Waals surface area contributed by atoms with Gasteiger partial charge in [0.1, 0.15) is 0 Å². The summed E-state index contributed by atoms with van der Waals surface area (Å²) >= 11 is 1.61. The van der Waals surface area contributed by atoms with Gasteiger partial charge in [-0.2, -0.15) is 4.98 Å². The standard InChI is InChI=1S/C13H14N4S/c1-8-4-5-10(9(2)6-8)11-7-18-13-15-12(14-3)16-17(11)13/h4-7H,1-3H3,(H,14,16). The predicted molar refractivity (Wildman–Crippen MR) is 75.3 cm³/mol. The highest BCUT2D eigenvalue weighted by molar-refractivity contribution is 7.15. The summed E-state index contributed by atoms with van der Waals surface area (Å²) in [6, 6.07) is 6.46. The van der Waals surface area contributed by atoms with Crippen LogP contribution >= 0.6 is 11.3 Å². The van der Waals surface area contributed by atoms with Gasteiger partial charge in [-0.3, -0.25) is 0 Å². The average molecular weight is 258 g/mol. The number of hydrogen-bond acceptors (Lipinski definition) is 4. The van der Waals surface area contributed by atoms with Crippen LogP contribution < -0.4 is 5.32 Å². The fourth-order valence-corrected chi connectivity index (χ4v) is 2.90. The van der Waals surface area contributed by atoms with Crippen LogP contribution in [-0.4, -0.2) is 21.6 Å². The Morgan fingerprint density at radius 1 is 1.28 bits per heavy atom. The number of nitrogens with one attached hydrogen (secondary N) is 1. The largest absolute Gasteiger partial charge is 0.356 e. The zero-order chi connectivity index (χ0) is 12.7. The molecule has 2 aromatic heterocycles. The second-order valence-corrected chi connectivity index (χ2v) is 5.16. The number of anilines is 1. The van der Waals surface area contributed by atoms with Crippen molar-refractivity contribution in [1.29, 1.82) is 0 Å². The molecule has 3 aromatic rings. The van der Waals surface area contributed by atoms with E-state index in [0.29, 0.717) is 5.95 Å². The highest BCUT2D eigenvalue weighted by Crippen LogP contribution is 2.28. The third kappa shape index (κ3) is 1.67. The Balaban J connectivity index is 2.21. The van der Waals surface area contributed by atoms with Crippen molar-refractivity contribution in [1.82, 2.24) is 14.6 Å². The van der Waals surface area contributed by atoms with Gasteiger partial charge in [0.25, 0.3) is 0 Å². The van der Waals surface area contributed by atoms with Crippen molar-refractivity contribution in [3.63, 3.8) is 0 Å². The van der Waals surface area contributed by atoms with Gasteiger partial charge in [0.2, 0.25) is 10.9 Å². The summed E-state index contributed by atoms with van der Waals surface area (Å²) in [5.41, 5.74) is 4.84. The van der Waals surface area contributed by atoms with Gasteiger partial charge in [0.05, 0.1) is 5.69 Å². The zero-order valence-electron chi connectivity index (χ0n) is 10.6. The van der Waals surface area contributed by atoms with E-state index in [4.69, 9.17) is 0 Å². The predicted octanol–water partition coefficient (Wildman–Crippen LogP) is 3.12. The van der Waals surface area contributed by atoms with Crippen molar-refractivity contribution in [2.45, 2.75) is 13.8 Å². The minimum Gasteiger partial charge on any atom is -0.356 e. The molecule has 4 nitrogen and oxygen atoms in total. The van der Waals surface area contributed by atoms with Gasteiger partial charge in [0.15, 0.2) is 0 Å². The third-order valence-electron chi connectivity index (χ3n) is 2.96. The Morgan fingerprint density at radius 3 is 2.83 bits per heavy atom. The van der Waals surface area contributed by atoms with Gasteiger partial charge in [-0.15, -0.1) is 16.4 Å². The number of thiazole rings is 1. The summed E-state index contributed by atoms with van der Waals surface area (Å²) in [6.45, 7) is 4.23. The van der Waals surface area contributed by atoms with E-state index >= 15 is 0 Å². The van der Waals surface area contributed by atoms with Gasteiger partial charge in [-0.1, -0.05) is 23.8 Å². The minimum absolute atomic E-state index is 0.660. The molecule has 0 fully saturated rings. The maximum atomic E-state index is 4.44. The zero-order valence-corrected chi connectivity index (χ0v) is 11.4. The van der Waals surface area contributed by atoms with Crippen molar-refractivity contribution < 1.29 is 0 Å². The molecular weight excluding hydrogens is 244 g/mol. The summed E-state index contributed by atoms with van der Waals surface area (Å²) in [7, 11) is 1.83. The van der Waals surface area contributed by atoms with Crippen molar-refractivity contribution >= 4 is 22.2 Å². The SMILES string of the molecule is CNc1nc2scc(-c3ccc(C)cc3C)n2n1. The van der Waals surface area contributed by atoms with Crippen LogP contribution in [0.2, 0.25) is 0 Å². The quantitative estimate of drug-likeness (QED) is 0.768. The van der Waals surface area contributed by atoms with Crippen molar-refractivity contribution in [2.24, 2.45) is 0 Å². The molecule has 92 valence electrons. The molecule has 0 saturated heterocycles. The molecule has 0 aliphatic rings. The maximum absolute atomic E-state index is 4.44. The number of fused-ring (bicyclic) bond motifs is 1. The summed E-state index contributed by atoms with van der Waals surface area (Å²) in [5, 5.41) is 9.51. The lowest BCUT2D eigenvalue weighted by molar-refractivity contribution is 0.984. The molecule has 1 aromatic carbocycles. The lowest BCUT2D eigenvalue weighted by Crippen LogP contribution is -1.94. The Morgan fingerprint density at radius 2 is 2.11 bits per heavy atom. The van der Waals surface area contributed by atoms with E-state index in [1.54, 1.807) is 11.3 Å². The molecule has 0 aliphatic heterocycles. The van der Waals surface area contributed by atoms with E-state index in [9.17, 15) is 0 Å². The Labute approximate surface area is 109 Å². The van der Waals surface area contributed by atoms with E-state index in [2.05, 4.69) is 52.8 Å². The number of rotatable bonds is 2. The fraction of sp³-hybridized carbons (Fsp3) is 0.231. The molecule has 2 heterocycles. The van der Waals surface area contributed by atoms with Gasteiger partial charge in [-0.05, 0) is 19.4 Å². The van der Waals surface area contributed by atoms with E-state index in [-0.39, 0.29) is 0 Å². The molecule has 1 N–H and O–H groups in total. The van der Waals surface area contributed by atoms with Gasteiger partial charge < -0.3 is 5.32 Å². The van der Waals surface area contributed by atoms with Gasteiger partial charge in [-0.25, -0.2) is 4.52 Å². The first-order chi connectivity index (χ1) is 8.69. The first-order valence-electron chi connectivity index (χ1n) is 5.78. The minimum atomic E-state index is 0.660. The van der Waals surface area contributed by atoms with E-state index < -0.39 is 0 Å². The number of hydrogen-bond donors (Lipinski definition) is 1. The van der Waals surface area contributed by atoms with Crippen molar-refractivity contribution in [3.05, 3.63) is 34.7 Å². The molecule has 0 unspecified atom stereocenters. The summed E-state index contributed by atoms with van der Waals surface area (Å²) < 4.78 is 1.90. The Hall–Kier alpha value is -1.88. The molecule has 0 atom stereocenters. The number of nitrogens with zero attached hydrogens (tertiary/aromatic N) is 3. The van der Waals surface area contributed by atoms with Crippen LogP contribution in [0, 0.1) is 13.8 Å². The highest BCUT2D eigenvalue weighted by Gasteiger charge is 2.12. The topological polar surface area (TPSA) is 42.2 Å². The Bertz CT molecular complexity index is 711. The highest BCUT2D eigenvalue weighted by atomic mass is 32.1. The van der Waals surface area contributed by atoms with Crippen molar-refractivity contribution in [3.8, 4) is 11.3 Å². The van der Waals surface area contributed by atoms with Crippen LogP contribution in [-0.2, 0) is 0 Å². The fourth-order valence-electron chi connectivity index (χ4n) is 2.07. The molecule has 5 heteroatoms. The van der Waals surface area contributed by atoms with Gasteiger partial charge in [0, 0.05) is 18.0 Å². The van der Waals surface area contributed by atoms with Crippen LogP contribution in [0.4, 0.5) is 5.95 Å². The summed E-state index contributed by atoms with van der Waals surface area (Å²) in [4.78, 5) is 5.30. The summed E-state index contributed by atoms with van der Waals surface area (Å²) in [5.74, 6) is 0.660. The molecule has 0 spiro atoms. The van der Waals surface area contributed by atoms with Gasteiger partial charge >= 0.3 is 0 Å². The molecule has 0 radical (unpaired) electrons. The van der Waals surface area contributed by atoms with E-state index in [1.165, 1.54) is 16.7 Å². The lowest BCUT2D eigenvalue weighted by atomic mass is 10.0. The van der Waals surface area contributed by atoms with E-state index in [0.717, 1.165) is 10.7 Å². The molecule has 18 heavy (non-hydrogen) atoms. The third-order valence-corrected chi connectivity index (χ3v) is 3.78. The number of aryl methyl sites for hydroxylation is 2. The molecule has 0 bridgehead atoms. The van der Waals surface area contributed by atoms with Crippen LogP contribution in [0.5, 0.6) is 0 Å². The first kappa shape index (κ1) is 11.2. The average Bonchev–Trinajstić information content (AvgIpc) is 2.89. The second kappa shape index (κ2) is 4.10. The molecule has 0 saturated carbocycles. The maximum Gasteiger partial charge on any atom is 0.243 e. The second-order valence-electron chi connectivity index (χ2n) is 4.32.